The van der Waals surface area contributed by atoms with E-state index in [0.717, 1.165) is 12.3 Å². The third-order valence-electron chi connectivity index (χ3n) is 1.10. The van der Waals surface area contributed by atoms with Crippen LogP contribution < -0.4 is 0 Å². The first-order chi connectivity index (χ1) is 5.41. The average molecular weight is 289 g/mol. The lowest BCUT2D eigenvalue weighted by atomic mass is 10.3. The van der Waals surface area contributed by atoms with Gasteiger partial charge in [-0.25, -0.2) is 4.98 Å². The standard InChI is InChI=1S/C6H3F3INO/c7-6(8,9)5-4(10)1-3(12)2-11-5/h1-2,12H. The Labute approximate surface area is 79.6 Å². The van der Waals surface area contributed by atoms with E-state index in [1.807, 2.05) is 0 Å². The number of nitrogens with zero attached hydrogens (tertiary/aromatic N) is 1. The molecule has 0 bridgehead atoms. The molecule has 6 heteroatoms. The van der Waals surface area contributed by atoms with Crippen LogP contribution in [-0.2, 0) is 6.18 Å². The van der Waals surface area contributed by atoms with Gasteiger partial charge in [-0.3, -0.25) is 0 Å². The summed E-state index contributed by atoms with van der Waals surface area (Å²) in [4.78, 5) is 3.07. The molecule has 0 fully saturated rings. The molecule has 66 valence electrons. The van der Waals surface area contributed by atoms with Crippen LogP contribution in [0.1, 0.15) is 5.69 Å². The molecule has 0 aromatic carbocycles. The van der Waals surface area contributed by atoms with Crippen LogP contribution >= 0.6 is 22.6 Å². The van der Waals surface area contributed by atoms with Crippen LogP contribution in [0.15, 0.2) is 12.3 Å². The van der Waals surface area contributed by atoms with Gasteiger partial charge in [0.1, 0.15) is 5.75 Å². The lowest BCUT2D eigenvalue weighted by molar-refractivity contribution is -0.141. The summed E-state index contributed by atoms with van der Waals surface area (Å²) in [6, 6.07) is 1.01. The first kappa shape index (κ1) is 9.56. The second-order valence-corrected chi connectivity index (χ2v) is 3.18. The average Bonchev–Trinajstić information content (AvgIpc) is 1.83. The second-order valence-electron chi connectivity index (χ2n) is 2.02. The van der Waals surface area contributed by atoms with Gasteiger partial charge in [-0.2, -0.15) is 13.2 Å². The van der Waals surface area contributed by atoms with Gasteiger partial charge in [-0.1, -0.05) is 0 Å². The van der Waals surface area contributed by atoms with E-state index in [2.05, 4.69) is 4.98 Å². The first-order valence-corrected chi connectivity index (χ1v) is 3.91. The Morgan fingerprint density at radius 3 is 2.42 bits per heavy atom. The molecule has 0 saturated heterocycles. The van der Waals surface area contributed by atoms with E-state index in [1.54, 1.807) is 0 Å². The highest BCUT2D eigenvalue weighted by molar-refractivity contribution is 14.1. The van der Waals surface area contributed by atoms with Gasteiger partial charge in [0, 0.05) is 3.57 Å². The summed E-state index contributed by atoms with van der Waals surface area (Å²) in [7, 11) is 0. The van der Waals surface area contributed by atoms with Crippen molar-refractivity contribution >= 4 is 22.6 Å². The molecule has 1 N–H and O–H groups in total. The lowest BCUT2D eigenvalue weighted by Crippen LogP contribution is -2.09. The van der Waals surface area contributed by atoms with Crippen LogP contribution in [0.3, 0.4) is 0 Å². The fourth-order valence-electron chi connectivity index (χ4n) is 0.636. The smallest absolute Gasteiger partial charge is 0.434 e. The molecule has 0 aliphatic rings. The second kappa shape index (κ2) is 3.08. The first-order valence-electron chi connectivity index (χ1n) is 2.83. The Bertz CT molecular complexity index is 299. The van der Waals surface area contributed by atoms with E-state index in [0.29, 0.717) is 0 Å². The molecule has 1 aromatic heterocycles. The van der Waals surface area contributed by atoms with Gasteiger partial charge >= 0.3 is 6.18 Å². The molecular formula is C6H3F3INO. The maximum atomic E-state index is 12.0. The maximum Gasteiger partial charge on any atom is 0.434 e. The summed E-state index contributed by atoms with van der Waals surface area (Å²) < 4.78 is 36.0. The van der Waals surface area contributed by atoms with Crippen LogP contribution in [0.4, 0.5) is 13.2 Å². The Hall–Kier alpha value is -0.530. The van der Waals surface area contributed by atoms with Gasteiger partial charge in [0.15, 0.2) is 5.69 Å². The van der Waals surface area contributed by atoms with Crippen molar-refractivity contribution in [2.24, 2.45) is 0 Å². The molecule has 0 amide bonds. The number of hydrogen-bond donors (Lipinski definition) is 1. The molecule has 1 heterocycles. The summed E-state index contributed by atoms with van der Waals surface area (Å²) >= 11 is 1.47. The molecule has 12 heavy (non-hydrogen) atoms. The van der Waals surface area contributed by atoms with Gasteiger partial charge in [-0.05, 0) is 28.7 Å². The van der Waals surface area contributed by atoms with Crippen molar-refractivity contribution in [2.75, 3.05) is 0 Å². The largest absolute Gasteiger partial charge is 0.506 e. The molecule has 1 rings (SSSR count). The summed E-state index contributed by atoms with van der Waals surface area (Å²) in [5, 5.41) is 8.77. The number of hydrogen-bond acceptors (Lipinski definition) is 2. The van der Waals surface area contributed by atoms with E-state index in [9.17, 15) is 13.2 Å². The van der Waals surface area contributed by atoms with Gasteiger partial charge < -0.3 is 5.11 Å². The monoisotopic (exact) mass is 289 g/mol. The van der Waals surface area contributed by atoms with Crippen LogP contribution in [-0.4, -0.2) is 10.1 Å². The van der Waals surface area contributed by atoms with Crippen molar-refractivity contribution < 1.29 is 18.3 Å². The quantitative estimate of drug-likeness (QED) is 0.744. The summed E-state index contributed by atoms with van der Waals surface area (Å²) in [5.74, 6) is -0.271. The highest BCUT2D eigenvalue weighted by atomic mass is 127. The molecule has 0 unspecified atom stereocenters. The van der Waals surface area contributed by atoms with Crippen molar-refractivity contribution in [2.45, 2.75) is 6.18 Å². The molecule has 1 aromatic rings. The molecule has 2 nitrogen and oxygen atoms in total. The fraction of sp³-hybridized carbons (Fsp3) is 0.167. The van der Waals surface area contributed by atoms with Crippen LogP contribution in [0.25, 0.3) is 0 Å². The topological polar surface area (TPSA) is 33.1 Å². The number of aromatic hydroxyl groups is 1. The van der Waals surface area contributed by atoms with Crippen LogP contribution in [0.2, 0.25) is 0 Å². The Morgan fingerprint density at radius 1 is 1.42 bits per heavy atom. The summed E-state index contributed by atoms with van der Waals surface area (Å²) in [6.07, 6.45) is -3.69. The maximum absolute atomic E-state index is 12.0. The van der Waals surface area contributed by atoms with Crippen molar-refractivity contribution in [3.8, 4) is 5.75 Å². The number of aromatic nitrogens is 1. The SMILES string of the molecule is Oc1cnc(C(F)(F)F)c(I)c1. The van der Waals surface area contributed by atoms with Crippen molar-refractivity contribution in [3.63, 3.8) is 0 Å². The molecule has 0 spiro atoms. The van der Waals surface area contributed by atoms with E-state index in [4.69, 9.17) is 5.11 Å². The number of pyridine rings is 1. The van der Waals surface area contributed by atoms with Gasteiger partial charge in [0.05, 0.1) is 6.20 Å². The third-order valence-corrected chi connectivity index (χ3v) is 1.92. The third kappa shape index (κ3) is 1.99. The fourth-order valence-corrected chi connectivity index (χ4v) is 1.40. The van der Waals surface area contributed by atoms with Crippen molar-refractivity contribution in [1.29, 1.82) is 0 Å². The summed E-state index contributed by atoms with van der Waals surface area (Å²) in [5.41, 5.74) is -0.971. The number of alkyl halides is 3. The molecule has 0 aliphatic heterocycles. The molecule has 0 aliphatic carbocycles. The minimum atomic E-state index is -4.45. The van der Waals surface area contributed by atoms with E-state index in [1.165, 1.54) is 22.6 Å². The van der Waals surface area contributed by atoms with Crippen molar-refractivity contribution in [1.82, 2.24) is 4.98 Å². The van der Waals surface area contributed by atoms with Crippen molar-refractivity contribution in [3.05, 3.63) is 21.5 Å². The zero-order chi connectivity index (χ0) is 9.35. The minimum Gasteiger partial charge on any atom is -0.506 e. The highest BCUT2D eigenvalue weighted by Crippen LogP contribution is 2.31. The molecule has 0 radical (unpaired) electrons. The Balaban J connectivity index is 3.19. The Kier molecular flexibility index (Phi) is 2.45. The highest BCUT2D eigenvalue weighted by Gasteiger charge is 2.34. The number of rotatable bonds is 0. The lowest BCUT2D eigenvalue weighted by Gasteiger charge is -2.06. The molecule has 0 saturated carbocycles. The number of halogens is 4. The van der Waals surface area contributed by atoms with Crippen LogP contribution in [0.5, 0.6) is 5.75 Å². The van der Waals surface area contributed by atoms with Gasteiger partial charge in [0.2, 0.25) is 0 Å². The normalized spacial score (nSPS) is 11.7. The zero-order valence-electron chi connectivity index (χ0n) is 5.56. The summed E-state index contributed by atoms with van der Waals surface area (Å²) in [6.45, 7) is 0. The van der Waals surface area contributed by atoms with E-state index < -0.39 is 11.9 Å². The molecule has 0 atom stereocenters. The van der Waals surface area contributed by atoms with Crippen LogP contribution in [0, 0.1) is 3.57 Å². The Morgan fingerprint density at radius 2 is 2.00 bits per heavy atom. The van der Waals surface area contributed by atoms with E-state index >= 15 is 0 Å². The minimum absolute atomic E-state index is 0.111. The van der Waals surface area contributed by atoms with E-state index in [-0.39, 0.29) is 9.32 Å². The van der Waals surface area contributed by atoms with Gasteiger partial charge in [-0.15, -0.1) is 0 Å². The predicted octanol–water partition coefficient (Wildman–Crippen LogP) is 2.41. The zero-order valence-corrected chi connectivity index (χ0v) is 7.72. The van der Waals surface area contributed by atoms with Gasteiger partial charge in [0.25, 0.3) is 0 Å². The predicted molar refractivity (Wildman–Crippen MR) is 43.6 cm³/mol. The molecular weight excluding hydrogens is 286 g/mol.